The second-order valence-corrected chi connectivity index (χ2v) is 10.9. The summed E-state index contributed by atoms with van der Waals surface area (Å²) in [6, 6.07) is -0.330. The molecule has 0 aromatic carbocycles. The smallest absolute Gasteiger partial charge is 0.404 e. The van der Waals surface area contributed by atoms with Crippen molar-refractivity contribution < 1.29 is 19.4 Å². The van der Waals surface area contributed by atoms with Gasteiger partial charge in [0.05, 0.1) is 12.1 Å². The minimum Gasteiger partial charge on any atom is -0.465 e. The van der Waals surface area contributed by atoms with Crippen LogP contribution in [0.1, 0.15) is 34.1 Å². The van der Waals surface area contributed by atoms with Crippen LogP contribution in [0.25, 0.3) is 0 Å². The van der Waals surface area contributed by atoms with Gasteiger partial charge in [-0.1, -0.05) is 20.8 Å². The number of rotatable bonds is 6. The van der Waals surface area contributed by atoms with E-state index < -0.39 is 14.4 Å². The summed E-state index contributed by atoms with van der Waals surface area (Å²) in [4.78, 5) is 10.7. The zero-order valence-electron chi connectivity index (χ0n) is 12.3. The molecule has 0 rings (SSSR count). The molecule has 0 radical (unpaired) electrons. The summed E-state index contributed by atoms with van der Waals surface area (Å²) in [5.41, 5.74) is 0. The molecule has 0 aromatic heterocycles. The number of carboxylic acid groups (broad SMARTS) is 1. The lowest BCUT2D eigenvalue weighted by Gasteiger charge is -2.40. The monoisotopic (exact) mass is 277 g/mol. The van der Waals surface area contributed by atoms with Crippen LogP contribution in [0.4, 0.5) is 4.79 Å². The number of aliphatic hydroxyl groups excluding tert-OH is 1. The molecule has 108 valence electrons. The van der Waals surface area contributed by atoms with Crippen LogP contribution in [-0.2, 0) is 4.43 Å². The van der Waals surface area contributed by atoms with E-state index in [1.807, 2.05) is 0 Å². The standard InChI is InChI=1S/C12H27NO4Si/c1-9(13-11(15)16)10(7-8-14)17-18(5,6)12(2,3)4/h9-10,13-14H,7-8H2,1-6H3,(H,15,16). The Morgan fingerprint density at radius 2 is 1.89 bits per heavy atom. The molecule has 2 atom stereocenters. The maximum absolute atomic E-state index is 10.7. The number of amides is 1. The van der Waals surface area contributed by atoms with Gasteiger partial charge in [0.15, 0.2) is 8.32 Å². The molecule has 0 saturated carbocycles. The van der Waals surface area contributed by atoms with Crippen LogP contribution in [0.15, 0.2) is 0 Å². The fourth-order valence-electron chi connectivity index (χ4n) is 1.38. The Bertz CT molecular complexity index is 276. The van der Waals surface area contributed by atoms with Crippen LogP contribution in [0.5, 0.6) is 0 Å². The molecular formula is C12H27NO4Si. The topological polar surface area (TPSA) is 78.8 Å². The fraction of sp³-hybridized carbons (Fsp3) is 0.917. The molecule has 0 aliphatic rings. The molecule has 3 N–H and O–H groups in total. The van der Waals surface area contributed by atoms with Crippen LogP contribution in [0.3, 0.4) is 0 Å². The molecule has 0 aliphatic carbocycles. The zero-order valence-corrected chi connectivity index (χ0v) is 13.3. The third kappa shape index (κ3) is 5.37. The average Bonchev–Trinajstić information content (AvgIpc) is 2.13. The third-order valence-electron chi connectivity index (χ3n) is 3.57. The van der Waals surface area contributed by atoms with Gasteiger partial charge in [-0.15, -0.1) is 0 Å². The number of nitrogens with one attached hydrogen (secondary N) is 1. The Morgan fingerprint density at radius 3 is 2.22 bits per heavy atom. The van der Waals surface area contributed by atoms with E-state index in [0.717, 1.165) is 0 Å². The first-order valence-corrected chi connectivity index (χ1v) is 9.20. The Morgan fingerprint density at radius 1 is 1.39 bits per heavy atom. The number of aliphatic hydroxyl groups is 1. The zero-order chi connectivity index (χ0) is 14.6. The summed E-state index contributed by atoms with van der Waals surface area (Å²) in [6.07, 6.45) is -0.912. The van der Waals surface area contributed by atoms with Gasteiger partial charge in [0, 0.05) is 6.61 Å². The lowest BCUT2D eigenvalue weighted by molar-refractivity contribution is 0.105. The van der Waals surface area contributed by atoms with Crippen LogP contribution >= 0.6 is 0 Å². The number of hydrogen-bond donors (Lipinski definition) is 3. The minimum absolute atomic E-state index is 0.00900. The van der Waals surface area contributed by atoms with Crippen LogP contribution in [0, 0.1) is 0 Å². The van der Waals surface area contributed by atoms with E-state index in [1.54, 1.807) is 6.92 Å². The van der Waals surface area contributed by atoms with E-state index in [9.17, 15) is 4.79 Å². The highest BCUT2D eigenvalue weighted by Crippen LogP contribution is 2.37. The number of hydrogen-bond acceptors (Lipinski definition) is 3. The molecule has 0 aromatic rings. The van der Waals surface area contributed by atoms with Crippen molar-refractivity contribution in [3.05, 3.63) is 0 Å². The third-order valence-corrected chi connectivity index (χ3v) is 8.08. The van der Waals surface area contributed by atoms with E-state index in [1.165, 1.54) is 0 Å². The molecule has 18 heavy (non-hydrogen) atoms. The summed E-state index contributed by atoms with van der Waals surface area (Å²) in [7, 11) is -1.96. The maximum atomic E-state index is 10.7. The van der Waals surface area contributed by atoms with Crippen molar-refractivity contribution in [2.45, 2.75) is 64.4 Å². The predicted molar refractivity (Wildman–Crippen MR) is 74.4 cm³/mol. The first-order chi connectivity index (χ1) is 8.01. The van der Waals surface area contributed by atoms with Gasteiger partial charge in [-0.3, -0.25) is 0 Å². The van der Waals surface area contributed by atoms with Crippen molar-refractivity contribution >= 4 is 14.4 Å². The SMILES string of the molecule is CC(NC(=O)O)C(CCO)O[Si](C)(C)C(C)(C)C. The average molecular weight is 277 g/mol. The Balaban J connectivity index is 4.76. The van der Waals surface area contributed by atoms with Gasteiger partial charge in [-0.25, -0.2) is 4.79 Å². The highest BCUT2D eigenvalue weighted by atomic mass is 28.4. The lowest BCUT2D eigenvalue weighted by atomic mass is 10.1. The molecule has 5 nitrogen and oxygen atoms in total. The highest BCUT2D eigenvalue weighted by molar-refractivity contribution is 6.74. The summed E-state index contributed by atoms with van der Waals surface area (Å²) in [5.74, 6) is 0. The largest absolute Gasteiger partial charge is 0.465 e. The van der Waals surface area contributed by atoms with E-state index in [2.05, 4.69) is 39.2 Å². The van der Waals surface area contributed by atoms with Crippen molar-refractivity contribution in [2.24, 2.45) is 0 Å². The molecule has 0 aliphatic heterocycles. The van der Waals surface area contributed by atoms with E-state index in [4.69, 9.17) is 14.6 Å². The summed E-state index contributed by atoms with van der Waals surface area (Å²) in [6.45, 7) is 12.4. The second kappa shape index (κ2) is 6.54. The minimum atomic E-state index is -1.96. The van der Waals surface area contributed by atoms with Crippen molar-refractivity contribution in [1.82, 2.24) is 5.32 Å². The number of carbonyl (C=O) groups is 1. The molecule has 2 unspecified atom stereocenters. The molecule has 0 spiro atoms. The van der Waals surface area contributed by atoms with Gasteiger partial charge in [0.25, 0.3) is 0 Å². The van der Waals surface area contributed by atoms with Crippen molar-refractivity contribution in [1.29, 1.82) is 0 Å². The van der Waals surface area contributed by atoms with Crippen molar-refractivity contribution in [2.75, 3.05) is 6.61 Å². The normalized spacial score (nSPS) is 16.2. The summed E-state index contributed by atoms with van der Waals surface area (Å²) >= 11 is 0. The van der Waals surface area contributed by atoms with E-state index in [-0.39, 0.29) is 23.8 Å². The lowest BCUT2D eigenvalue weighted by Crippen LogP contribution is -2.50. The molecule has 6 heteroatoms. The van der Waals surface area contributed by atoms with Crippen LogP contribution in [0.2, 0.25) is 18.1 Å². The van der Waals surface area contributed by atoms with Crippen molar-refractivity contribution in [3.8, 4) is 0 Å². The predicted octanol–water partition coefficient (Wildman–Crippen LogP) is 2.42. The molecule has 0 fully saturated rings. The quantitative estimate of drug-likeness (QED) is 0.651. The van der Waals surface area contributed by atoms with Crippen LogP contribution < -0.4 is 5.32 Å². The first kappa shape index (κ1) is 17.4. The maximum Gasteiger partial charge on any atom is 0.404 e. The first-order valence-electron chi connectivity index (χ1n) is 6.29. The van der Waals surface area contributed by atoms with E-state index in [0.29, 0.717) is 6.42 Å². The molecule has 0 saturated heterocycles. The molecule has 0 heterocycles. The second-order valence-electron chi connectivity index (χ2n) is 6.17. The fourth-order valence-corrected chi connectivity index (χ4v) is 2.81. The van der Waals surface area contributed by atoms with Gasteiger partial charge in [0.1, 0.15) is 0 Å². The highest BCUT2D eigenvalue weighted by Gasteiger charge is 2.40. The Labute approximate surface area is 111 Å². The molecule has 0 bridgehead atoms. The van der Waals surface area contributed by atoms with Gasteiger partial charge >= 0.3 is 6.09 Å². The Kier molecular flexibility index (Phi) is 6.32. The van der Waals surface area contributed by atoms with E-state index >= 15 is 0 Å². The van der Waals surface area contributed by atoms with Crippen molar-refractivity contribution in [3.63, 3.8) is 0 Å². The summed E-state index contributed by atoms with van der Waals surface area (Å²) < 4.78 is 6.16. The van der Waals surface area contributed by atoms with Crippen LogP contribution in [-0.4, -0.2) is 43.4 Å². The van der Waals surface area contributed by atoms with Gasteiger partial charge in [-0.2, -0.15) is 0 Å². The molecule has 1 amide bonds. The summed E-state index contributed by atoms with van der Waals surface area (Å²) in [5, 5.41) is 20.3. The van der Waals surface area contributed by atoms with Gasteiger partial charge in [-0.05, 0) is 31.5 Å². The Hall–Kier alpha value is -0.593. The molecular weight excluding hydrogens is 250 g/mol. The van der Waals surface area contributed by atoms with Gasteiger partial charge in [0.2, 0.25) is 0 Å². The van der Waals surface area contributed by atoms with Gasteiger partial charge < -0.3 is 20.0 Å².